The minimum absolute atomic E-state index is 0.704. The molecule has 6 atom stereocenters. The largest absolute Gasteiger partial charge is 0.756 e. The maximum absolute atomic E-state index is 11.8. The highest BCUT2D eigenvalue weighted by atomic mass is 31.3. The van der Waals surface area contributed by atoms with Crippen LogP contribution in [0.15, 0.2) is 21.9 Å². The van der Waals surface area contributed by atoms with Gasteiger partial charge in [0.05, 0.1) is 12.7 Å². The van der Waals surface area contributed by atoms with Crippen LogP contribution in [-0.2, 0) is 27.2 Å². The number of nitrogens with zero attached hydrogens (tertiary/aromatic N) is 1. The van der Waals surface area contributed by atoms with Crippen molar-refractivity contribution in [3.8, 4) is 0 Å². The lowest BCUT2D eigenvalue weighted by atomic mass is 10.1. The first kappa shape index (κ1) is 23.1. The van der Waals surface area contributed by atoms with Crippen LogP contribution in [0.2, 0.25) is 0 Å². The second-order valence-electron chi connectivity index (χ2n) is 5.99. The Morgan fingerprint density at radius 1 is 1.25 bits per heavy atom. The van der Waals surface area contributed by atoms with Crippen molar-refractivity contribution in [2.75, 3.05) is 6.61 Å². The molecular weight excluding hydrogens is 426 g/mol. The molecule has 1 fully saturated rings. The summed E-state index contributed by atoms with van der Waals surface area (Å²) in [6, 6.07) is 0.966. The topological polar surface area (TPSA) is 212 Å². The van der Waals surface area contributed by atoms with Gasteiger partial charge in [-0.1, -0.05) is 0 Å². The Balaban J connectivity index is 2.05. The molecule has 0 aromatic carbocycles. The minimum atomic E-state index is -5.42. The monoisotopic (exact) mass is 444 g/mol. The van der Waals surface area contributed by atoms with Gasteiger partial charge in [0, 0.05) is 12.3 Å². The van der Waals surface area contributed by atoms with E-state index >= 15 is 0 Å². The number of hydrogen-bond acceptors (Lipinski definition) is 12. The van der Waals surface area contributed by atoms with Crippen LogP contribution in [0.3, 0.4) is 0 Å². The predicted octanol–water partition coefficient (Wildman–Crippen LogP) is -2.45. The highest BCUT2D eigenvalue weighted by Gasteiger charge is 2.44. The first-order valence-corrected chi connectivity index (χ1v) is 10.7. The highest BCUT2D eigenvalue weighted by Crippen LogP contribution is 2.56. The van der Waals surface area contributed by atoms with E-state index in [1.165, 1.54) is 13.8 Å². The molecule has 16 heteroatoms. The van der Waals surface area contributed by atoms with Crippen molar-refractivity contribution >= 4 is 15.6 Å². The third kappa shape index (κ3) is 5.91. The molecule has 1 saturated heterocycles. The van der Waals surface area contributed by atoms with E-state index in [9.17, 15) is 38.7 Å². The van der Waals surface area contributed by atoms with Gasteiger partial charge in [0.2, 0.25) is 0 Å². The number of nitrogens with one attached hydrogen (secondary N) is 1. The zero-order valence-electron chi connectivity index (χ0n) is 14.6. The molecule has 1 aromatic rings. The van der Waals surface area contributed by atoms with E-state index in [0.29, 0.717) is 0 Å². The molecule has 3 N–H and O–H groups in total. The number of phosphoric ester groups is 2. The Kier molecular flexibility index (Phi) is 7.16. The number of aromatic amines is 1. The smallest absolute Gasteiger partial charge is 0.330 e. The number of aliphatic hydroxyl groups excluding tert-OH is 2. The van der Waals surface area contributed by atoms with Crippen molar-refractivity contribution in [3.63, 3.8) is 0 Å². The maximum Gasteiger partial charge on any atom is 0.330 e. The van der Waals surface area contributed by atoms with Gasteiger partial charge in [-0.05, 0) is 13.8 Å². The number of phosphoric acid groups is 2. The molecule has 2 heterocycles. The number of ether oxygens (including phenoxy) is 1. The summed E-state index contributed by atoms with van der Waals surface area (Å²) in [4.78, 5) is 47.8. The van der Waals surface area contributed by atoms with E-state index in [1.807, 2.05) is 4.98 Å². The Morgan fingerprint density at radius 3 is 2.46 bits per heavy atom. The molecule has 160 valence electrons. The Hall–Kier alpha value is -1.18. The summed E-state index contributed by atoms with van der Waals surface area (Å²) in [6.07, 6.45) is -6.19. The van der Waals surface area contributed by atoms with Gasteiger partial charge < -0.3 is 33.8 Å². The van der Waals surface area contributed by atoms with Crippen molar-refractivity contribution in [2.24, 2.45) is 0 Å². The second-order valence-corrected chi connectivity index (χ2v) is 8.90. The van der Waals surface area contributed by atoms with E-state index in [1.54, 1.807) is 0 Å². The van der Waals surface area contributed by atoms with E-state index in [-0.39, 0.29) is 0 Å². The molecule has 0 radical (unpaired) electrons. The third-order valence-electron chi connectivity index (χ3n) is 3.40. The molecule has 14 nitrogen and oxygen atoms in total. The van der Waals surface area contributed by atoms with Crippen molar-refractivity contribution in [1.29, 1.82) is 0 Å². The van der Waals surface area contributed by atoms with Crippen molar-refractivity contribution in [2.45, 2.75) is 44.5 Å². The summed E-state index contributed by atoms with van der Waals surface area (Å²) in [5.41, 5.74) is -1.65. The lowest BCUT2D eigenvalue weighted by Gasteiger charge is -2.32. The summed E-state index contributed by atoms with van der Waals surface area (Å²) >= 11 is 0. The molecule has 0 aliphatic carbocycles. The standard InChI is InChI=1S/C12H20N2O12P2/c1-6(2)25-28(21,22)26-27(19,20)23-5-7-9(16)10(17)11(24-7)14-4-3-8(15)13-12(14)18/h3-4,6-7,9-11,16-17H,5H2,1-2H3,(H,19,20)(H,21,22)(H,13,15,18)/p-2/t7-,9+,10?,11-/m1/s1. The quantitative estimate of drug-likeness (QED) is 0.357. The third-order valence-corrected chi connectivity index (χ3v) is 6.14. The van der Waals surface area contributed by atoms with Gasteiger partial charge in [-0.2, -0.15) is 0 Å². The zero-order chi connectivity index (χ0) is 21.3. The zero-order valence-corrected chi connectivity index (χ0v) is 16.4. The van der Waals surface area contributed by atoms with Gasteiger partial charge in [0.25, 0.3) is 21.2 Å². The number of aliphatic hydroxyl groups is 2. The molecule has 3 unspecified atom stereocenters. The van der Waals surface area contributed by atoms with Gasteiger partial charge in [-0.25, -0.2) is 9.11 Å². The maximum atomic E-state index is 11.8. The summed E-state index contributed by atoms with van der Waals surface area (Å²) < 4.78 is 41.6. The van der Waals surface area contributed by atoms with E-state index < -0.39 is 64.1 Å². The van der Waals surface area contributed by atoms with Crippen LogP contribution in [0.1, 0.15) is 20.1 Å². The average Bonchev–Trinajstić information content (AvgIpc) is 2.79. The Morgan fingerprint density at radius 2 is 1.89 bits per heavy atom. The second kappa shape index (κ2) is 8.67. The summed E-state index contributed by atoms with van der Waals surface area (Å²) in [7, 11) is -10.6. The van der Waals surface area contributed by atoms with Gasteiger partial charge >= 0.3 is 5.69 Å². The molecule has 0 saturated carbocycles. The fourth-order valence-electron chi connectivity index (χ4n) is 2.31. The average molecular weight is 444 g/mol. The highest BCUT2D eigenvalue weighted by molar-refractivity contribution is 7.59. The van der Waals surface area contributed by atoms with E-state index in [2.05, 4.69) is 13.4 Å². The van der Waals surface area contributed by atoms with Crippen molar-refractivity contribution < 1.29 is 47.2 Å². The number of hydrogen-bond donors (Lipinski definition) is 3. The van der Waals surface area contributed by atoms with Crippen LogP contribution in [0.4, 0.5) is 0 Å². The molecular formula is C12H18N2O12P2-2. The van der Waals surface area contributed by atoms with E-state index in [0.717, 1.165) is 16.8 Å². The Labute approximate surface area is 157 Å². The first-order chi connectivity index (χ1) is 12.8. The number of H-pyrrole nitrogens is 1. The molecule has 0 bridgehead atoms. The lowest BCUT2D eigenvalue weighted by molar-refractivity contribution is -0.246. The fourth-order valence-corrected chi connectivity index (χ4v) is 4.48. The van der Waals surface area contributed by atoms with Crippen LogP contribution in [0, 0.1) is 0 Å². The summed E-state index contributed by atoms with van der Waals surface area (Å²) in [5, 5.41) is 20.0. The van der Waals surface area contributed by atoms with Crippen molar-refractivity contribution in [3.05, 3.63) is 33.1 Å². The van der Waals surface area contributed by atoms with Crippen molar-refractivity contribution in [1.82, 2.24) is 9.55 Å². The SMILES string of the molecule is CC(C)OP(=O)([O-])OP(=O)([O-])OC[C@H]1O[C@@H](n2ccc(=O)[nH]c2=O)C(O)[C@H]1O. The van der Waals surface area contributed by atoms with Crippen LogP contribution < -0.4 is 21.0 Å². The number of aromatic nitrogens is 2. The van der Waals surface area contributed by atoms with E-state index in [4.69, 9.17) is 4.74 Å². The molecule has 1 aliphatic heterocycles. The lowest BCUT2D eigenvalue weighted by Crippen LogP contribution is -2.37. The molecule has 1 aliphatic rings. The van der Waals surface area contributed by atoms with Crippen LogP contribution >= 0.6 is 15.6 Å². The molecule has 1 aromatic heterocycles. The van der Waals surface area contributed by atoms with Gasteiger partial charge in [-0.3, -0.25) is 23.5 Å². The molecule has 28 heavy (non-hydrogen) atoms. The summed E-state index contributed by atoms with van der Waals surface area (Å²) in [5.74, 6) is 0. The molecule has 0 spiro atoms. The predicted molar refractivity (Wildman–Crippen MR) is 85.7 cm³/mol. The molecule has 0 amide bonds. The normalized spacial score (nSPS) is 29.5. The van der Waals surface area contributed by atoms with Crippen LogP contribution in [0.25, 0.3) is 0 Å². The molecule has 2 rings (SSSR count). The summed E-state index contributed by atoms with van der Waals surface area (Å²) in [6.45, 7) is 1.72. The van der Waals surface area contributed by atoms with Gasteiger partial charge in [0.1, 0.15) is 18.3 Å². The minimum Gasteiger partial charge on any atom is -0.756 e. The number of rotatable bonds is 8. The van der Waals surface area contributed by atoms with Gasteiger partial charge in [-0.15, -0.1) is 0 Å². The van der Waals surface area contributed by atoms with Crippen LogP contribution in [-0.4, -0.2) is 50.8 Å². The van der Waals surface area contributed by atoms with Gasteiger partial charge in [0.15, 0.2) is 6.23 Å². The Bertz CT molecular complexity index is 897. The van der Waals surface area contributed by atoms with Crippen LogP contribution in [0.5, 0.6) is 0 Å². The first-order valence-electron chi connectivity index (χ1n) is 7.81. The fraction of sp³-hybridized carbons (Fsp3) is 0.667.